The minimum absolute atomic E-state index is 0.0204. The summed E-state index contributed by atoms with van der Waals surface area (Å²) in [4.78, 5) is 24.6. The second-order valence-corrected chi connectivity index (χ2v) is 4.99. The lowest BCUT2D eigenvalue weighted by Crippen LogP contribution is -2.42. The summed E-state index contributed by atoms with van der Waals surface area (Å²) in [5, 5.41) is 2.23. The Hall–Kier alpha value is -1.69. The van der Waals surface area contributed by atoms with Gasteiger partial charge in [0.15, 0.2) is 11.6 Å². The van der Waals surface area contributed by atoms with Crippen molar-refractivity contribution >= 4 is 23.4 Å². The van der Waals surface area contributed by atoms with Gasteiger partial charge in [0.25, 0.3) is 0 Å². The molecule has 7 heteroatoms. The molecule has 0 aromatic heterocycles. The molecule has 0 saturated carbocycles. The molecule has 0 aliphatic carbocycles. The first kappa shape index (κ1) is 14.7. The standard InChI is InChI=1S/C13H13ClF2N2O2/c1-18-9(4-5-10(18)19)13(20)17-6-7-2-3-8(15)12(16)11(7)14/h2-3,9H,4-6H2,1H3,(H,17,20). The van der Waals surface area contributed by atoms with E-state index in [1.165, 1.54) is 11.0 Å². The fourth-order valence-electron chi connectivity index (χ4n) is 2.11. The quantitative estimate of drug-likeness (QED) is 0.866. The largest absolute Gasteiger partial charge is 0.350 e. The van der Waals surface area contributed by atoms with E-state index in [1.54, 1.807) is 7.05 Å². The molecular weight excluding hydrogens is 290 g/mol. The third-order valence-electron chi connectivity index (χ3n) is 3.36. The van der Waals surface area contributed by atoms with Crippen LogP contribution in [0.4, 0.5) is 8.78 Å². The van der Waals surface area contributed by atoms with Crippen LogP contribution in [0.5, 0.6) is 0 Å². The number of carbonyl (C=O) groups is 2. The molecule has 1 atom stereocenters. The van der Waals surface area contributed by atoms with Crippen LogP contribution in [-0.2, 0) is 16.1 Å². The summed E-state index contributed by atoms with van der Waals surface area (Å²) in [5.41, 5.74) is 0.283. The van der Waals surface area contributed by atoms with Gasteiger partial charge in [-0.3, -0.25) is 9.59 Å². The zero-order valence-corrected chi connectivity index (χ0v) is 11.5. The zero-order valence-electron chi connectivity index (χ0n) is 10.8. The molecule has 1 N–H and O–H groups in total. The predicted molar refractivity (Wildman–Crippen MR) is 69.0 cm³/mol. The Kier molecular flexibility index (Phi) is 4.23. The third-order valence-corrected chi connectivity index (χ3v) is 3.77. The summed E-state index contributed by atoms with van der Waals surface area (Å²) < 4.78 is 26.2. The molecule has 20 heavy (non-hydrogen) atoms. The molecule has 2 rings (SSSR count). The first-order valence-electron chi connectivity index (χ1n) is 6.07. The molecular formula is C13H13ClF2N2O2. The van der Waals surface area contributed by atoms with Gasteiger partial charge in [-0.1, -0.05) is 17.7 Å². The Morgan fingerprint density at radius 3 is 2.80 bits per heavy atom. The van der Waals surface area contributed by atoms with Crippen molar-refractivity contribution in [2.75, 3.05) is 7.05 Å². The molecule has 1 aliphatic heterocycles. The Morgan fingerprint density at radius 1 is 1.50 bits per heavy atom. The highest BCUT2D eigenvalue weighted by Gasteiger charge is 2.32. The number of nitrogens with one attached hydrogen (secondary N) is 1. The first-order chi connectivity index (χ1) is 9.41. The number of nitrogens with zero attached hydrogens (tertiary/aromatic N) is 1. The lowest BCUT2D eigenvalue weighted by molar-refractivity contribution is -0.133. The number of benzene rings is 1. The second-order valence-electron chi connectivity index (χ2n) is 4.61. The maximum atomic E-state index is 13.3. The fourth-order valence-corrected chi connectivity index (χ4v) is 2.33. The Bertz CT molecular complexity index is 566. The minimum atomic E-state index is -1.13. The van der Waals surface area contributed by atoms with E-state index in [4.69, 9.17) is 11.6 Å². The third kappa shape index (κ3) is 2.75. The number of rotatable bonds is 3. The van der Waals surface area contributed by atoms with Crippen molar-refractivity contribution in [3.63, 3.8) is 0 Å². The van der Waals surface area contributed by atoms with Crippen LogP contribution in [0.2, 0.25) is 5.02 Å². The van der Waals surface area contributed by atoms with Crippen molar-refractivity contribution in [3.05, 3.63) is 34.4 Å². The van der Waals surface area contributed by atoms with Crippen LogP contribution in [0, 0.1) is 11.6 Å². The molecule has 2 amide bonds. The van der Waals surface area contributed by atoms with E-state index in [0.717, 1.165) is 6.07 Å². The van der Waals surface area contributed by atoms with E-state index < -0.39 is 17.7 Å². The average molecular weight is 303 g/mol. The number of amides is 2. The van der Waals surface area contributed by atoms with E-state index >= 15 is 0 Å². The van der Waals surface area contributed by atoms with Crippen molar-refractivity contribution < 1.29 is 18.4 Å². The Labute approximate surface area is 119 Å². The molecule has 1 heterocycles. The second kappa shape index (κ2) is 5.75. The summed E-state index contributed by atoms with van der Waals surface area (Å²) >= 11 is 5.66. The van der Waals surface area contributed by atoms with Crippen molar-refractivity contribution in [2.24, 2.45) is 0 Å². The van der Waals surface area contributed by atoms with E-state index in [9.17, 15) is 18.4 Å². The van der Waals surface area contributed by atoms with Crippen molar-refractivity contribution in [2.45, 2.75) is 25.4 Å². The van der Waals surface area contributed by atoms with Gasteiger partial charge in [-0.25, -0.2) is 8.78 Å². The topological polar surface area (TPSA) is 49.4 Å². The minimum Gasteiger partial charge on any atom is -0.350 e. The van der Waals surface area contributed by atoms with Crippen LogP contribution < -0.4 is 5.32 Å². The summed E-state index contributed by atoms with van der Waals surface area (Å²) in [5.74, 6) is -2.59. The van der Waals surface area contributed by atoms with Crippen molar-refractivity contribution in [1.29, 1.82) is 0 Å². The maximum absolute atomic E-state index is 13.3. The Balaban J connectivity index is 2.01. The monoisotopic (exact) mass is 302 g/mol. The van der Waals surface area contributed by atoms with Crippen LogP contribution in [0.3, 0.4) is 0 Å². The van der Waals surface area contributed by atoms with Gasteiger partial charge in [0, 0.05) is 20.0 Å². The SMILES string of the molecule is CN1C(=O)CCC1C(=O)NCc1ccc(F)c(F)c1Cl. The van der Waals surface area contributed by atoms with Gasteiger partial charge in [-0.05, 0) is 18.1 Å². The summed E-state index contributed by atoms with van der Waals surface area (Å²) in [6.07, 6.45) is 0.785. The normalized spacial score (nSPS) is 18.5. The smallest absolute Gasteiger partial charge is 0.243 e. The fraction of sp³-hybridized carbons (Fsp3) is 0.385. The first-order valence-corrected chi connectivity index (χ1v) is 6.45. The molecule has 1 unspecified atom stereocenters. The van der Waals surface area contributed by atoms with Crippen LogP contribution in [-0.4, -0.2) is 29.8 Å². The highest BCUT2D eigenvalue weighted by atomic mass is 35.5. The average Bonchev–Trinajstić information content (AvgIpc) is 2.75. The predicted octanol–water partition coefficient (Wildman–Crippen LogP) is 1.86. The van der Waals surface area contributed by atoms with Gasteiger partial charge in [0.05, 0.1) is 5.02 Å². The van der Waals surface area contributed by atoms with Crippen molar-refractivity contribution in [1.82, 2.24) is 10.2 Å². The molecule has 1 aromatic carbocycles. The van der Waals surface area contributed by atoms with Crippen molar-refractivity contribution in [3.8, 4) is 0 Å². The number of halogens is 3. The maximum Gasteiger partial charge on any atom is 0.243 e. The molecule has 0 radical (unpaired) electrons. The summed E-state index contributed by atoms with van der Waals surface area (Å²) in [6.45, 7) is -0.0204. The van der Waals surface area contributed by atoms with Gasteiger partial charge >= 0.3 is 0 Å². The van der Waals surface area contributed by atoms with E-state index in [2.05, 4.69) is 5.32 Å². The summed E-state index contributed by atoms with van der Waals surface area (Å²) in [7, 11) is 1.56. The Morgan fingerprint density at radius 2 is 2.20 bits per heavy atom. The van der Waals surface area contributed by atoms with Gasteiger partial charge in [0.1, 0.15) is 6.04 Å². The molecule has 1 saturated heterocycles. The van der Waals surface area contributed by atoms with Gasteiger partial charge in [-0.2, -0.15) is 0 Å². The molecule has 1 aromatic rings. The lowest BCUT2D eigenvalue weighted by Gasteiger charge is -2.19. The molecule has 1 fully saturated rings. The van der Waals surface area contributed by atoms with E-state index in [0.29, 0.717) is 12.8 Å². The number of likely N-dealkylation sites (tertiary alicyclic amines) is 1. The molecule has 108 valence electrons. The van der Waals surface area contributed by atoms with Gasteiger partial charge in [-0.15, -0.1) is 0 Å². The lowest BCUT2D eigenvalue weighted by atomic mass is 10.2. The molecule has 1 aliphatic rings. The van der Waals surface area contributed by atoms with Crippen LogP contribution in [0.1, 0.15) is 18.4 Å². The van der Waals surface area contributed by atoms with Gasteiger partial charge in [0.2, 0.25) is 11.8 Å². The van der Waals surface area contributed by atoms with Crippen LogP contribution in [0.15, 0.2) is 12.1 Å². The number of carbonyl (C=O) groups excluding carboxylic acids is 2. The highest BCUT2D eigenvalue weighted by Crippen LogP contribution is 2.22. The molecule has 0 bridgehead atoms. The number of hydrogen-bond acceptors (Lipinski definition) is 2. The van der Waals surface area contributed by atoms with E-state index in [-0.39, 0.29) is 28.9 Å². The van der Waals surface area contributed by atoms with E-state index in [1.807, 2.05) is 0 Å². The van der Waals surface area contributed by atoms with Crippen LogP contribution in [0.25, 0.3) is 0 Å². The highest BCUT2D eigenvalue weighted by molar-refractivity contribution is 6.31. The number of hydrogen-bond donors (Lipinski definition) is 1. The number of likely N-dealkylation sites (N-methyl/N-ethyl adjacent to an activating group) is 1. The molecule has 4 nitrogen and oxygen atoms in total. The zero-order chi connectivity index (χ0) is 14.9. The summed E-state index contributed by atoms with van der Waals surface area (Å²) in [6, 6.07) is 1.74. The molecule has 0 spiro atoms. The van der Waals surface area contributed by atoms with Gasteiger partial charge < -0.3 is 10.2 Å². The van der Waals surface area contributed by atoms with Crippen LogP contribution >= 0.6 is 11.6 Å².